The highest BCUT2D eigenvalue weighted by molar-refractivity contribution is 14.0. The van der Waals surface area contributed by atoms with Crippen molar-refractivity contribution in [2.75, 3.05) is 6.54 Å². The summed E-state index contributed by atoms with van der Waals surface area (Å²) in [5.41, 5.74) is 0. The van der Waals surface area contributed by atoms with E-state index in [4.69, 9.17) is 0 Å². The Balaban J connectivity index is 0.00000200. The number of hydrogen-bond acceptors (Lipinski definition) is 3. The van der Waals surface area contributed by atoms with Crippen molar-refractivity contribution in [3.8, 4) is 0 Å². The lowest BCUT2D eigenvalue weighted by molar-refractivity contribution is 0.410. The van der Waals surface area contributed by atoms with Crippen molar-refractivity contribution < 1.29 is 0 Å². The fourth-order valence-corrected chi connectivity index (χ4v) is 3.12. The molecule has 1 fully saturated rings. The van der Waals surface area contributed by atoms with Crippen LogP contribution in [-0.4, -0.2) is 23.5 Å². The van der Waals surface area contributed by atoms with Crippen LogP contribution < -0.4 is 10.6 Å². The van der Waals surface area contributed by atoms with E-state index in [9.17, 15) is 0 Å². The third-order valence-corrected chi connectivity index (χ3v) is 4.25. The Morgan fingerprint density at radius 2 is 2.15 bits per heavy atom. The molecule has 0 amide bonds. The monoisotopic (exact) mass is 408 g/mol. The predicted molar refractivity (Wildman–Crippen MR) is 97.1 cm³/mol. The van der Waals surface area contributed by atoms with Crippen molar-refractivity contribution >= 4 is 41.3 Å². The van der Waals surface area contributed by atoms with Gasteiger partial charge in [0.05, 0.1) is 11.6 Å². The summed E-state index contributed by atoms with van der Waals surface area (Å²) in [7, 11) is 0. The first-order valence-corrected chi connectivity index (χ1v) is 8.05. The molecule has 0 atom stereocenters. The Labute approximate surface area is 142 Å². The maximum Gasteiger partial charge on any atom is 0.191 e. The first kappa shape index (κ1) is 17.7. The van der Waals surface area contributed by atoms with E-state index in [2.05, 4.69) is 27.5 Å². The SMILES string of the molecule is CCNC(=NCc1cnc(C)s1)NC1CCCCC1.I. The third kappa shape index (κ3) is 5.95. The number of hydrogen-bond donors (Lipinski definition) is 2. The van der Waals surface area contributed by atoms with Crippen LogP contribution in [0.5, 0.6) is 0 Å². The molecule has 114 valence electrons. The maximum absolute atomic E-state index is 4.66. The van der Waals surface area contributed by atoms with Gasteiger partial charge in [-0.1, -0.05) is 19.3 Å². The molecule has 0 aromatic carbocycles. The van der Waals surface area contributed by atoms with Gasteiger partial charge in [-0.2, -0.15) is 0 Å². The molecule has 6 heteroatoms. The van der Waals surface area contributed by atoms with Gasteiger partial charge in [-0.15, -0.1) is 35.3 Å². The normalized spacial score (nSPS) is 16.6. The molecular formula is C14H25IN4S. The number of guanidine groups is 1. The fourth-order valence-electron chi connectivity index (χ4n) is 2.40. The maximum atomic E-state index is 4.66. The summed E-state index contributed by atoms with van der Waals surface area (Å²) in [6, 6.07) is 0.592. The average Bonchev–Trinajstić information content (AvgIpc) is 2.83. The van der Waals surface area contributed by atoms with E-state index in [0.29, 0.717) is 12.6 Å². The van der Waals surface area contributed by atoms with Gasteiger partial charge < -0.3 is 10.6 Å². The summed E-state index contributed by atoms with van der Waals surface area (Å²) < 4.78 is 0. The van der Waals surface area contributed by atoms with Gasteiger partial charge in [0.25, 0.3) is 0 Å². The van der Waals surface area contributed by atoms with Crippen LogP contribution >= 0.6 is 35.3 Å². The van der Waals surface area contributed by atoms with Crippen molar-refractivity contribution in [3.05, 3.63) is 16.1 Å². The molecule has 1 saturated carbocycles. The number of aromatic nitrogens is 1. The van der Waals surface area contributed by atoms with Crippen LogP contribution in [0.1, 0.15) is 48.9 Å². The van der Waals surface area contributed by atoms with Crippen molar-refractivity contribution in [2.45, 2.75) is 58.5 Å². The van der Waals surface area contributed by atoms with Gasteiger partial charge >= 0.3 is 0 Å². The molecule has 0 aliphatic heterocycles. The van der Waals surface area contributed by atoms with Crippen molar-refractivity contribution in [3.63, 3.8) is 0 Å². The van der Waals surface area contributed by atoms with Crippen LogP contribution in [0.25, 0.3) is 0 Å². The first-order valence-electron chi connectivity index (χ1n) is 7.24. The van der Waals surface area contributed by atoms with Crippen LogP contribution in [0.3, 0.4) is 0 Å². The minimum atomic E-state index is 0. The van der Waals surface area contributed by atoms with Gasteiger partial charge in [0.15, 0.2) is 5.96 Å². The summed E-state index contributed by atoms with van der Waals surface area (Å²) >= 11 is 1.72. The number of rotatable bonds is 4. The van der Waals surface area contributed by atoms with E-state index in [1.165, 1.54) is 37.0 Å². The minimum Gasteiger partial charge on any atom is -0.357 e. The molecule has 4 nitrogen and oxygen atoms in total. The molecule has 1 aliphatic carbocycles. The highest BCUT2D eigenvalue weighted by Gasteiger charge is 2.14. The molecule has 1 aliphatic rings. The summed E-state index contributed by atoms with van der Waals surface area (Å²) in [5.74, 6) is 0.945. The quantitative estimate of drug-likeness (QED) is 0.456. The average molecular weight is 408 g/mol. The zero-order chi connectivity index (χ0) is 13.5. The summed E-state index contributed by atoms with van der Waals surface area (Å²) in [6.45, 7) is 5.76. The smallest absolute Gasteiger partial charge is 0.191 e. The van der Waals surface area contributed by atoms with Gasteiger partial charge in [0.1, 0.15) is 0 Å². The Hall–Kier alpha value is -0.370. The van der Waals surface area contributed by atoms with Crippen molar-refractivity contribution in [2.24, 2.45) is 4.99 Å². The number of aliphatic imine (C=N–C) groups is 1. The van der Waals surface area contributed by atoms with E-state index in [0.717, 1.165) is 17.5 Å². The molecule has 1 heterocycles. The zero-order valence-corrected chi connectivity index (χ0v) is 15.5. The lowest BCUT2D eigenvalue weighted by atomic mass is 9.96. The van der Waals surface area contributed by atoms with Crippen molar-refractivity contribution in [1.29, 1.82) is 0 Å². The highest BCUT2D eigenvalue weighted by Crippen LogP contribution is 2.17. The fraction of sp³-hybridized carbons (Fsp3) is 0.714. The molecule has 0 saturated heterocycles. The van der Waals surface area contributed by atoms with Gasteiger partial charge in [0, 0.05) is 23.7 Å². The zero-order valence-electron chi connectivity index (χ0n) is 12.3. The summed E-state index contributed by atoms with van der Waals surface area (Å²) in [6.07, 6.45) is 8.52. The third-order valence-electron chi connectivity index (χ3n) is 3.35. The topological polar surface area (TPSA) is 49.3 Å². The molecule has 2 rings (SSSR count). The molecule has 1 aromatic rings. The van der Waals surface area contributed by atoms with Gasteiger partial charge in [0.2, 0.25) is 0 Å². The summed E-state index contributed by atoms with van der Waals surface area (Å²) in [4.78, 5) is 10.1. The Morgan fingerprint density at radius 3 is 2.75 bits per heavy atom. The van der Waals surface area contributed by atoms with E-state index in [1.54, 1.807) is 11.3 Å². The predicted octanol–water partition coefficient (Wildman–Crippen LogP) is 3.46. The number of thiazole rings is 1. The van der Waals surface area contributed by atoms with Gasteiger partial charge in [-0.05, 0) is 26.7 Å². The van der Waals surface area contributed by atoms with Crippen LogP contribution in [0, 0.1) is 6.92 Å². The largest absolute Gasteiger partial charge is 0.357 e. The number of aryl methyl sites for hydroxylation is 1. The standard InChI is InChI=1S/C14H24N4S.HI/c1-3-15-14(18-12-7-5-4-6-8-12)17-10-13-9-16-11(2)19-13;/h9,12H,3-8,10H2,1-2H3,(H2,15,17,18);1H. The molecule has 0 unspecified atom stereocenters. The number of halogens is 1. The summed E-state index contributed by atoms with van der Waals surface area (Å²) in [5, 5.41) is 7.99. The second-order valence-electron chi connectivity index (χ2n) is 5.02. The Kier molecular flexibility index (Phi) is 8.44. The van der Waals surface area contributed by atoms with Gasteiger partial charge in [-0.25, -0.2) is 9.98 Å². The van der Waals surface area contributed by atoms with E-state index < -0.39 is 0 Å². The highest BCUT2D eigenvalue weighted by atomic mass is 127. The molecule has 1 aromatic heterocycles. The molecule has 0 spiro atoms. The van der Waals surface area contributed by atoms with E-state index in [-0.39, 0.29) is 24.0 Å². The second-order valence-corrected chi connectivity index (χ2v) is 6.34. The Morgan fingerprint density at radius 1 is 1.40 bits per heavy atom. The van der Waals surface area contributed by atoms with E-state index in [1.807, 2.05) is 13.1 Å². The van der Waals surface area contributed by atoms with Crippen molar-refractivity contribution in [1.82, 2.24) is 15.6 Å². The lowest BCUT2D eigenvalue weighted by Gasteiger charge is -2.24. The van der Waals surface area contributed by atoms with Gasteiger partial charge in [-0.3, -0.25) is 0 Å². The first-order chi connectivity index (χ1) is 9.28. The molecular weight excluding hydrogens is 383 g/mol. The second kappa shape index (κ2) is 9.55. The van der Waals surface area contributed by atoms with Crippen LogP contribution in [0.15, 0.2) is 11.2 Å². The van der Waals surface area contributed by atoms with E-state index >= 15 is 0 Å². The number of nitrogens with one attached hydrogen (secondary N) is 2. The van der Waals surface area contributed by atoms with Crippen LogP contribution in [-0.2, 0) is 6.54 Å². The molecule has 0 radical (unpaired) electrons. The number of nitrogens with zero attached hydrogens (tertiary/aromatic N) is 2. The molecule has 20 heavy (non-hydrogen) atoms. The molecule has 2 N–H and O–H groups in total. The molecule has 0 bridgehead atoms. The van der Waals surface area contributed by atoms with Crippen LogP contribution in [0.4, 0.5) is 0 Å². The minimum absolute atomic E-state index is 0. The van der Waals surface area contributed by atoms with Crippen LogP contribution in [0.2, 0.25) is 0 Å². The Bertz CT molecular complexity index is 413. The lowest BCUT2D eigenvalue weighted by Crippen LogP contribution is -2.44.